The molecule has 1 heterocycles. The quantitative estimate of drug-likeness (QED) is 0.831. The molecule has 0 unspecified atom stereocenters. The van der Waals surface area contributed by atoms with Gasteiger partial charge in [-0.3, -0.25) is 4.90 Å². The summed E-state index contributed by atoms with van der Waals surface area (Å²) in [4.78, 5) is 5.01. The molecule has 1 saturated heterocycles. The van der Waals surface area contributed by atoms with Crippen LogP contribution in [0.2, 0.25) is 0 Å². The molecule has 3 nitrogen and oxygen atoms in total. The van der Waals surface area contributed by atoms with Crippen molar-refractivity contribution < 1.29 is 9.13 Å². The molecule has 0 bridgehead atoms. The summed E-state index contributed by atoms with van der Waals surface area (Å²) in [6.07, 6.45) is 5.68. The molecular formula is C18H27FN2O. The normalized spacial score (nSPS) is 21.4. The van der Waals surface area contributed by atoms with Crippen LogP contribution in [0.4, 0.5) is 4.39 Å². The molecule has 4 heteroatoms. The van der Waals surface area contributed by atoms with Crippen molar-refractivity contribution in [1.82, 2.24) is 9.80 Å². The standard InChI is InChI=1S/C18H27FN2O/c1-22-18-7-6-17(19)12-16(18)14-21-10-8-20(9-11-21)13-15-4-2-3-5-15/h6-7,12,15H,2-5,8-11,13-14H2,1H3. The van der Waals surface area contributed by atoms with E-state index in [-0.39, 0.29) is 5.82 Å². The average molecular weight is 306 g/mol. The van der Waals surface area contributed by atoms with Crippen LogP contribution in [-0.4, -0.2) is 49.6 Å². The van der Waals surface area contributed by atoms with Crippen LogP contribution in [0.5, 0.6) is 5.75 Å². The van der Waals surface area contributed by atoms with E-state index in [1.54, 1.807) is 19.2 Å². The van der Waals surface area contributed by atoms with Crippen LogP contribution in [0.15, 0.2) is 18.2 Å². The Labute approximate surface area is 133 Å². The lowest BCUT2D eigenvalue weighted by atomic mass is 10.1. The molecular weight excluding hydrogens is 279 g/mol. The third-order valence-electron chi connectivity index (χ3n) is 5.09. The first kappa shape index (κ1) is 15.8. The first-order valence-corrected chi connectivity index (χ1v) is 8.52. The van der Waals surface area contributed by atoms with Crippen molar-refractivity contribution in [2.45, 2.75) is 32.2 Å². The number of rotatable bonds is 5. The third kappa shape index (κ3) is 3.99. The minimum atomic E-state index is -0.185. The first-order valence-electron chi connectivity index (χ1n) is 8.52. The predicted octanol–water partition coefficient (Wildman–Crippen LogP) is 3.14. The van der Waals surface area contributed by atoms with E-state index in [1.807, 2.05) is 0 Å². The highest BCUT2D eigenvalue weighted by molar-refractivity contribution is 5.33. The van der Waals surface area contributed by atoms with E-state index in [0.29, 0.717) is 0 Å². The van der Waals surface area contributed by atoms with Gasteiger partial charge in [0.2, 0.25) is 0 Å². The van der Waals surface area contributed by atoms with Crippen LogP contribution in [0.3, 0.4) is 0 Å². The van der Waals surface area contributed by atoms with Crippen LogP contribution >= 0.6 is 0 Å². The Balaban J connectivity index is 1.50. The maximum Gasteiger partial charge on any atom is 0.123 e. The molecule has 3 rings (SSSR count). The van der Waals surface area contributed by atoms with Crippen molar-refractivity contribution in [3.8, 4) is 5.75 Å². The van der Waals surface area contributed by atoms with E-state index in [2.05, 4.69) is 9.80 Å². The van der Waals surface area contributed by atoms with E-state index < -0.39 is 0 Å². The lowest BCUT2D eigenvalue weighted by Crippen LogP contribution is -2.47. The van der Waals surface area contributed by atoms with Crippen molar-refractivity contribution in [3.63, 3.8) is 0 Å². The number of piperazine rings is 1. The van der Waals surface area contributed by atoms with Crippen LogP contribution in [0.25, 0.3) is 0 Å². The predicted molar refractivity (Wildman–Crippen MR) is 86.6 cm³/mol. The molecule has 2 aliphatic rings. The molecule has 0 radical (unpaired) electrons. The maximum atomic E-state index is 13.4. The van der Waals surface area contributed by atoms with E-state index in [9.17, 15) is 4.39 Å². The highest BCUT2D eigenvalue weighted by Crippen LogP contribution is 2.26. The lowest BCUT2D eigenvalue weighted by molar-refractivity contribution is 0.113. The topological polar surface area (TPSA) is 15.7 Å². The van der Waals surface area contributed by atoms with Gasteiger partial charge in [-0.15, -0.1) is 0 Å². The van der Waals surface area contributed by atoms with Gasteiger partial charge in [0.25, 0.3) is 0 Å². The van der Waals surface area contributed by atoms with Gasteiger partial charge >= 0.3 is 0 Å². The second-order valence-corrected chi connectivity index (χ2v) is 6.68. The van der Waals surface area contributed by atoms with Gasteiger partial charge in [0, 0.05) is 44.8 Å². The Hall–Kier alpha value is -1.13. The Morgan fingerprint density at radius 1 is 1.09 bits per heavy atom. The minimum Gasteiger partial charge on any atom is -0.496 e. The zero-order valence-corrected chi connectivity index (χ0v) is 13.6. The number of nitrogens with zero attached hydrogens (tertiary/aromatic N) is 2. The van der Waals surface area contributed by atoms with Crippen molar-refractivity contribution >= 4 is 0 Å². The Bertz CT molecular complexity index is 480. The number of hydrogen-bond donors (Lipinski definition) is 0. The molecule has 0 atom stereocenters. The van der Waals surface area contributed by atoms with Crippen molar-refractivity contribution in [2.75, 3.05) is 39.8 Å². The zero-order chi connectivity index (χ0) is 15.4. The molecule has 1 aliphatic carbocycles. The van der Waals surface area contributed by atoms with Crippen molar-refractivity contribution in [1.29, 1.82) is 0 Å². The molecule has 0 amide bonds. The number of hydrogen-bond acceptors (Lipinski definition) is 3. The highest BCUT2D eigenvalue weighted by Gasteiger charge is 2.22. The van der Waals surface area contributed by atoms with Gasteiger partial charge in [-0.1, -0.05) is 12.8 Å². The molecule has 1 saturated carbocycles. The lowest BCUT2D eigenvalue weighted by Gasteiger charge is -2.36. The molecule has 22 heavy (non-hydrogen) atoms. The van der Waals surface area contributed by atoms with Gasteiger partial charge in [-0.25, -0.2) is 4.39 Å². The maximum absolute atomic E-state index is 13.4. The van der Waals surface area contributed by atoms with Gasteiger partial charge in [0.05, 0.1) is 7.11 Å². The van der Waals surface area contributed by atoms with Gasteiger partial charge in [0.15, 0.2) is 0 Å². The number of benzene rings is 1. The van der Waals surface area contributed by atoms with Crippen LogP contribution < -0.4 is 4.74 Å². The van der Waals surface area contributed by atoms with E-state index in [4.69, 9.17) is 4.74 Å². The third-order valence-corrected chi connectivity index (χ3v) is 5.09. The Morgan fingerprint density at radius 3 is 2.45 bits per heavy atom. The molecule has 1 aromatic carbocycles. The number of halogens is 1. The Morgan fingerprint density at radius 2 is 1.77 bits per heavy atom. The van der Waals surface area contributed by atoms with Gasteiger partial charge in [0.1, 0.15) is 11.6 Å². The number of ether oxygens (including phenoxy) is 1. The number of methoxy groups -OCH3 is 1. The molecule has 1 aliphatic heterocycles. The first-order chi connectivity index (χ1) is 10.7. The summed E-state index contributed by atoms with van der Waals surface area (Å²) >= 11 is 0. The van der Waals surface area contributed by atoms with Crippen molar-refractivity contribution in [3.05, 3.63) is 29.6 Å². The summed E-state index contributed by atoms with van der Waals surface area (Å²) in [7, 11) is 1.65. The molecule has 0 aromatic heterocycles. The molecule has 122 valence electrons. The Kier molecular flexibility index (Phi) is 5.32. The summed E-state index contributed by atoms with van der Waals surface area (Å²) in [5.41, 5.74) is 0.951. The monoisotopic (exact) mass is 306 g/mol. The zero-order valence-electron chi connectivity index (χ0n) is 13.6. The smallest absolute Gasteiger partial charge is 0.123 e. The summed E-state index contributed by atoms with van der Waals surface area (Å²) in [5.74, 6) is 1.53. The fourth-order valence-electron chi connectivity index (χ4n) is 3.80. The van der Waals surface area contributed by atoms with Crippen LogP contribution in [0, 0.1) is 11.7 Å². The van der Waals surface area contributed by atoms with E-state index in [1.165, 1.54) is 38.3 Å². The van der Waals surface area contributed by atoms with E-state index >= 15 is 0 Å². The van der Waals surface area contributed by atoms with Gasteiger partial charge < -0.3 is 9.64 Å². The van der Waals surface area contributed by atoms with Gasteiger partial charge in [-0.2, -0.15) is 0 Å². The van der Waals surface area contributed by atoms with E-state index in [0.717, 1.165) is 50.0 Å². The highest BCUT2D eigenvalue weighted by atomic mass is 19.1. The minimum absolute atomic E-state index is 0.185. The molecule has 2 fully saturated rings. The van der Waals surface area contributed by atoms with Crippen LogP contribution in [0.1, 0.15) is 31.2 Å². The average Bonchev–Trinajstić information content (AvgIpc) is 3.02. The fraction of sp³-hybridized carbons (Fsp3) is 0.667. The second kappa shape index (κ2) is 7.42. The summed E-state index contributed by atoms with van der Waals surface area (Å²) < 4.78 is 18.8. The second-order valence-electron chi connectivity index (χ2n) is 6.68. The fourth-order valence-corrected chi connectivity index (χ4v) is 3.80. The summed E-state index contributed by atoms with van der Waals surface area (Å²) in [5, 5.41) is 0. The summed E-state index contributed by atoms with van der Waals surface area (Å²) in [6.45, 7) is 6.44. The van der Waals surface area contributed by atoms with Crippen LogP contribution in [-0.2, 0) is 6.54 Å². The van der Waals surface area contributed by atoms with Gasteiger partial charge in [-0.05, 0) is 37.0 Å². The SMILES string of the molecule is COc1ccc(F)cc1CN1CCN(CC2CCCC2)CC1. The largest absolute Gasteiger partial charge is 0.496 e. The van der Waals surface area contributed by atoms with Crippen molar-refractivity contribution in [2.24, 2.45) is 5.92 Å². The summed E-state index contributed by atoms with van der Waals surface area (Å²) in [6, 6.07) is 4.78. The molecule has 0 spiro atoms. The molecule has 1 aromatic rings. The molecule has 0 N–H and O–H groups in total.